The number of alkyl carbamates (subject to hydrolysis) is 1. The first kappa shape index (κ1) is 14.8. The van der Waals surface area contributed by atoms with Crippen molar-refractivity contribution in [2.24, 2.45) is 0 Å². The second-order valence-corrected chi connectivity index (χ2v) is 4.98. The average molecular weight is 262 g/mol. The van der Waals surface area contributed by atoms with Gasteiger partial charge in [-0.1, -0.05) is 12.1 Å². The standard InChI is InChI=1S/C14H18N2O3/c1-14(2,3)19-13(17)16-12(9-15)10-5-7-11(18-4)8-6-10/h5-8,12H,1-4H3,(H,16,17)/t12-/m0/s1. The molecule has 1 amide bonds. The number of hydrogen-bond acceptors (Lipinski definition) is 4. The van der Waals surface area contributed by atoms with E-state index in [1.807, 2.05) is 6.07 Å². The summed E-state index contributed by atoms with van der Waals surface area (Å²) in [5.74, 6) is 0.692. The van der Waals surface area contributed by atoms with Gasteiger partial charge in [0.25, 0.3) is 0 Å². The minimum Gasteiger partial charge on any atom is -0.497 e. The van der Waals surface area contributed by atoms with Crippen LogP contribution in [0, 0.1) is 11.3 Å². The Morgan fingerprint density at radius 3 is 2.32 bits per heavy atom. The molecular formula is C14H18N2O3. The van der Waals surface area contributed by atoms with Crippen molar-refractivity contribution < 1.29 is 14.3 Å². The Bertz CT molecular complexity index is 469. The van der Waals surface area contributed by atoms with Crippen LogP contribution in [0.1, 0.15) is 32.4 Å². The Labute approximate surface area is 113 Å². The van der Waals surface area contributed by atoms with E-state index >= 15 is 0 Å². The smallest absolute Gasteiger partial charge is 0.408 e. The summed E-state index contributed by atoms with van der Waals surface area (Å²) in [6, 6.07) is 8.19. The summed E-state index contributed by atoms with van der Waals surface area (Å²) in [6.07, 6.45) is -0.616. The highest BCUT2D eigenvalue weighted by Gasteiger charge is 2.20. The number of carbonyl (C=O) groups is 1. The van der Waals surface area contributed by atoms with Gasteiger partial charge in [-0.05, 0) is 38.5 Å². The van der Waals surface area contributed by atoms with Gasteiger partial charge < -0.3 is 14.8 Å². The van der Waals surface area contributed by atoms with Gasteiger partial charge in [-0.2, -0.15) is 5.26 Å². The van der Waals surface area contributed by atoms with Crippen LogP contribution >= 0.6 is 0 Å². The highest BCUT2D eigenvalue weighted by molar-refractivity contribution is 5.69. The molecule has 0 fully saturated rings. The second-order valence-electron chi connectivity index (χ2n) is 4.98. The van der Waals surface area contributed by atoms with Crippen LogP contribution in [0.3, 0.4) is 0 Å². The molecule has 0 heterocycles. The lowest BCUT2D eigenvalue weighted by Crippen LogP contribution is -2.34. The summed E-state index contributed by atoms with van der Waals surface area (Å²) in [5, 5.41) is 11.6. The van der Waals surface area contributed by atoms with Crippen molar-refractivity contribution in [2.45, 2.75) is 32.4 Å². The fourth-order valence-electron chi connectivity index (χ4n) is 1.41. The van der Waals surface area contributed by atoms with Crippen molar-refractivity contribution in [3.63, 3.8) is 0 Å². The molecule has 1 N–H and O–H groups in total. The Morgan fingerprint density at radius 2 is 1.89 bits per heavy atom. The normalized spacial score (nSPS) is 12.2. The summed E-state index contributed by atoms with van der Waals surface area (Å²) < 4.78 is 10.1. The zero-order chi connectivity index (χ0) is 14.5. The largest absolute Gasteiger partial charge is 0.497 e. The molecule has 1 atom stereocenters. The van der Waals surface area contributed by atoms with Crippen LogP contribution in [0.4, 0.5) is 4.79 Å². The van der Waals surface area contributed by atoms with E-state index < -0.39 is 17.7 Å². The lowest BCUT2D eigenvalue weighted by molar-refractivity contribution is 0.0515. The minimum atomic E-state index is -0.749. The van der Waals surface area contributed by atoms with Crippen LogP contribution in [0.25, 0.3) is 0 Å². The average Bonchev–Trinajstić information content (AvgIpc) is 2.34. The highest BCUT2D eigenvalue weighted by Crippen LogP contribution is 2.18. The molecule has 0 aliphatic heterocycles. The molecule has 0 aliphatic carbocycles. The number of nitrogens with one attached hydrogen (secondary N) is 1. The third-order valence-electron chi connectivity index (χ3n) is 2.24. The van der Waals surface area contributed by atoms with E-state index in [4.69, 9.17) is 14.7 Å². The van der Waals surface area contributed by atoms with Gasteiger partial charge in [0, 0.05) is 0 Å². The summed E-state index contributed by atoms with van der Waals surface area (Å²) in [5.41, 5.74) is 0.0819. The SMILES string of the molecule is COc1ccc([C@H](C#N)NC(=O)OC(C)(C)C)cc1. The Balaban J connectivity index is 2.73. The molecule has 19 heavy (non-hydrogen) atoms. The molecule has 0 aromatic heterocycles. The maximum Gasteiger partial charge on any atom is 0.408 e. The van der Waals surface area contributed by atoms with E-state index in [2.05, 4.69) is 5.32 Å². The van der Waals surface area contributed by atoms with Crippen molar-refractivity contribution in [3.05, 3.63) is 29.8 Å². The first-order chi connectivity index (χ1) is 8.85. The fourth-order valence-corrected chi connectivity index (χ4v) is 1.41. The van der Waals surface area contributed by atoms with Crippen LogP contribution in [0.5, 0.6) is 5.75 Å². The van der Waals surface area contributed by atoms with E-state index in [0.29, 0.717) is 11.3 Å². The highest BCUT2D eigenvalue weighted by atomic mass is 16.6. The molecule has 0 spiro atoms. The molecule has 0 saturated heterocycles. The molecule has 0 aliphatic rings. The van der Waals surface area contributed by atoms with E-state index in [1.165, 1.54) is 0 Å². The van der Waals surface area contributed by atoms with Gasteiger partial charge in [0.15, 0.2) is 0 Å². The predicted octanol–water partition coefficient (Wildman–Crippen LogP) is 2.78. The molecule has 5 nitrogen and oxygen atoms in total. The van der Waals surface area contributed by atoms with E-state index in [1.54, 1.807) is 52.1 Å². The quantitative estimate of drug-likeness (QED) is 0.909. The number of methoxy groups -OCH3 is 1. The van der Waals surface area contributed by atoms with Gasteiger partial charge in [0.2, 0.25) is 0 Å². The number of benzene rings is 1. The molecule has 0 saturated carbocycles. The number of ether oxygens (including phenoxy) is 2. The van der Waals surface area contributed by atoms with Crippen molar-refractivity contribution in [1.82, 2.24) is 5.32 Å². The van der Waals surface area contributed by atoms with Gasteiger partial charge in [-0.25, -0.2) is 4.79 Å². The van der Waals surface area contributed by atoms with Gasteiger partial charge in [0.05, 0.1) is 13.2 Å². The maximum atomic E-state index is 11.6. The van der Waals surface area contributed by atoms with Crippen LogP contribution in [-0.2, 0) is 4.74 Å². The molecule has 0 unspecified atom stereocenters. The Morgan fingerprint density at radius 1 is 1.32 bits per heavy atom. The lowest BCUT2D eigenvalue weighted by Gasteiger charge is -2.21. The number of nitrogens with zero attached hydrogens (tertiary/aromatic N) is 1. The van der Waals surface area contributed by atoms with E-state index in [0.717, 1.165) is 0 Å². The van der Waals surface area contributed by atoms with Crippen molar-refractivity contribution in [3.8, 4) is 11.8 Å². The molecule has 5 heteroatoms. The van der Waals surface area contributed by atoms with Crippen molar-refractivity contribution in [2.75, 3.05) is 7.11 Å². The Kier molecular flexibility index (Phi) is 4.76. The Hall–Kier alpha value is -2.22. The summed E-state index contributed by atoms with van der Waals surface area (Å²) in [7, 11) is 1.57. The van der Waals surface area contributed by atoms with Crippen molar-refractivity contribution >= 4 is 6.09 Å². The summed E-state index contributed by atoms with van der Waals surface area (Å²) >= 11 is 0. The van der Waals surface area contributed by atoms with Crippen LogP contribution in [-0.4, -0.2) is 18.8 Å². The summed E-state index contributed by atoms with van der Waals surface area (Å²) in [6.45, 7) is 5.30. The van der Waals surface area contributed by atoms with Gasteiger partial charge >= 0.3 is 6.09 Å². The van der Waals surface area contributed by atoms with Crippen LogP contribution < -0.4 is 10.1 Å². The number of rotatable bonds is 3. The van der Waals surface area contributed by atoms with Gasteiger partial charge in [0.1, 0.15) is 17.4 Å². The topological polar surface area (TPSA) is 71.3 Å². The zero-order valence-electron chi connectivity index (χ0n) is 11.6. The third-order valence-corrected chi connectivity index (χ3v) is 2.24. The fraction of sp³-hybridized carbons (Fsp3) is 0.429. The molecule has 1 aromatic rings. The van der Waals surface area contributed by atoms with E-state index in [-0.39, 0.29) is 0 Å². The zero-order valence-corrected chi connectivity index (χ0v) is 11.6. The molecule has 1 aromatic carbocycles. The predicted molar refractivity (Wildman–Crippen MR) is 70.7 cm³/mol. The second kappa shape index (κ2) is 6.10. The summed E-state index contributed by atoms with van der Waals surface area (Å²) in [4.78, 5) is 11.6. The number of amides is 1. The first-order valence-corrected chi connectivity index (χ1v) is 5.89. The molecular weight excluding hydrogens is 244 g/mol. The first-order valence-electron chi connectivity index (χ1n) is 5.89. The lowest BCUT2D eigenvalue weighted by atomic mass is 10.1. The molecule has 102 valence electrons. The van der Waals surface area contributed by atoms with Crippen molar-refractivity contribution in [1.29, 1.82) is 5.26 Å². The van der Waals surface area contributed by atoms with Gasteiger partial charge in [-0.3, -0.25) is 0 Å². The third kappa shape index (κ3) is 4.88. The molecule has 0 radical (unpaired) electrons. The number of carbonyl (C=O) groups excluding carboxylic acids is 1. The van der Waals surface area contributed by atoms with Crippen LogP contribution in [0.15, 0.2) is 24.3 Å². The molecule has 0 bridgehead atoms. The molecule has 1 rings (SSSR count). The van der Waals surface area contributed by atoms with E-state index in [9.17, 15) is 4.79 Å². The minimum absolute atomic E-state index is 0.593. The number of hydrogen-bond donors (Lipinski definition) is 1. The number of nitriles is 1. The van der Waals surface area contributed by atoms with Gasteiger partial charge in [-0.15, -0.1) is 0 Å². The van der Waals surface area contributed by atoms with Crippen LogP contribution in [0.2, 0.25) is 0 Å². The maximum absolute atomic E-state index is 11.6. The monoisotopic (exact) mass is 262 g/mol.